The maximum absolute atomic E-state index is 14.4. The van der Waals surface area contributed by atoms with Gasteiger partial charge in [-0.15, -0.1) is 10.2 Å². The fourth-order valence-corrected chi connectivity index (χ4v) is 5.36. The number of nitrogens with zero attached hydrogens (tertiary/aromatic N) is 4. The lowest BCUT2D eigenvalue weighted by atomic mass is 10.1. The lowest BCUT2D eigenvalue weighted by molar-refractivity contribution is -0.148. The fraction of sp³-hybridized carbons (Fsp3) is 0.400. The average molecular weight is 574 g/mol. The highest BCUT2D eigenvalue weighted by molar-refractivity contribution is 7.99. The molecule has 1 aromatic heterocycles. The number of hydrogen-bond donors (Lipinski definition) is 2. The summed E-state index contributed by atoms with van der Waals surface area (Å²) in [4.78, 5) is 14.4. The van der Waals surface area contributed by atoms with E-state index in [1.807, 2.05) is 6.07 Å². The molecule has 0 fully saturated rings. The number of aliphatic hydroxyl groups is 1. The second-order valence-corrected chi connectivity index (χ2v) is 10.3. The molecular weight excluding hydrogens is 548 g/mol. The maximum atomic E-state index is 14.4. The van der Waals surface area contributed by atoms with Gasteiger partial charge in [-0.3, -0.25) is 10.1 Å². The molecule has 1 aliphatic heterocycles. The number of hydrogen-bond acceptors (Lipinski definition) is 6. The minimum Gasteiger partial charge on any atom is -0.374 e. The van der Waals surface area contributed by atoms with Crippen LogP contribution in [0.3, 0.4) is 0 Å². The van der Waals surface area contributed by atoms with Crippen molar-refractivity contribution in [1.29, 1.82) is 0 Å². The van der Waals surface area contributed by atoms with Crippen LogP contribution in [0.1, 0.15) is 35.4 Å². The predicted octanol–water partition coefficient (Wildman–Crippen LogP) is 4.07. The van der Waals surface area contributed by atoms with Crippen molar-refractivity contribution in [3.8, 4) is 0 Å². The van der Waals surface area contributed by atoms with Gasteiger partial charge < -0.3 is 14.6 Å². The zero-order valence-corrected chi connectivity index (χ0v) is 21.3. The molecule has 39 heavy (non-hydrogen) atoms. The highest BCUT2D eigenvalue weighted by Gasteiger charge is 2.40. The Balaban J connectivity index is 1.41. The monoisotopic (exact) mass is 573 g/mol. The highest BCUT2D eigenvalue weighted by Crippen LogP contribution is 2.30. The highest BCUT2D eigenvalue weighted by atomic mass is 32.2. The summed E-state index contributed by atoms with van der Waals surface area (Å²) in [5, 5.41) is 19.4. The number of halogens is 6. The summed E-state index contributed by atoms with van der Waals surface area (Å²) < 4.78 is 81.8. The van der Waals surface area contributed by atoms with E-state index in [-0.39, 0.29) is 43.9 Å². The Kier molecular flexibility index (Phi) is 9.18. The van der Waals surface area contributed by atoms with Gasteiger partial charge in [0.25, 0.3) is 0 Å². The first-order valence-corrected chi connectivity index (χ1v) is 13.1. The zero-order valence-electron chi connectivity index (χ0n) is 20.5. The summed E-state index contributed by atoms with van der Waals surface area (Å²) in [6, 6.07) is 10.1. The Labute approximate surface area is 224 Å². The number of aliphatic hydroxyl groups excluding tert-OH is 1. The largest absolute Gasteiger partial charge is 0.451 e. The van der Waals surface area contributed by atoms with E-state index in [0.29, 0.717) is 23.9 Å². The van der Waals surface area contributed by atoms with Crippen LogP contribution in [0.15, 0.2) is 42.5 Å². The molecule has 0 bridgehead atoms. The van der Waals surface area contributed by atoms with Crippen LogP contribution in [0.25, 0.3) is 0 Å². The molecule has 2 heterocycles. The molecule has 0 spiro atoms. The summed E-state index contributed by atoms with van der Waals surface area (Å²) in [6.07, 6.45) is -5.83. The van der Waals surface area contributed by atoms with Crippen LogP contribution in [-0.4, -0.2) is 54.8 Å². The molecule has 0 saturated carbocycles. The van der Waals surface area contributed by atoms with Crippen molar-refractivity contribution in [3.05, 3.63) is 82.7 Å². The molecule has 0 aliphatic carbocycles. The average Bonchev–Trinajstić information content (AvgIpc) is 3.34. The van der Waals surface area contributed by atoms with Gasteiger partial charge in [-0.2, -0.15) is 24.9 Å². The van der Waals surface area contributed by atoms with Crippen LogP contribution in [0.5, 0.6) is 0 Å². The fourth-order valence-electron chi connectivity index (χ4n) is 4.23. The molecule has 1 unspecified atom stereocenters. The second-order valence-electron chi connectivity index (χ2n) is 8.93. The summed E-state index contributed by atoms with van der Waals surface area (Å²) in [6.45, 7) is -0.00307. The number of aromatic nitrogens is 3. The smallest absolute Gasteiger partial charge is 0.374 e. The van der Waals surface area contributed by atoms with Crippen molar-refractivity contribution in [2.75, 3.05) is 18.8 Å². The molecule has 4 rings (SSSR count). The van der Waals surface area contributed by atoms with E-state index in [1.54, 1.807) is 24.3 Å². The molecule has 7 nitrogen and oxygen atoms in total. The number of carbonyl (C=O) groups is 1. The van der Waals surface area contributed by atoms with Crippen molar-refractivity contribution >= 4 is 17.7 Å². The van der Waals surface area contributed by atoms with Crippen molar-refractivity contribution in [3.63, 3.8) is 0 Å². The molecule has 0 saturated heterocycles. The van der Waals surface area contributed by atoms with E-state index >= 15 is 0 Å². The number of benzene rings is 2. The first kappa shape index (κ1) is 28.9. The lowest BCUT2D eigenvalue weighted by Gasteiger charge is -2.29. The van der Waals surface area contributed by atoms with Gasteiger partial charge in [0.15, 0.2) is 17.5 Å². The van der Waals surface area contributed by atoms with E-state index in [0.717, 1.165) is 10.6 Å². The molecule has 2 atom stereocenters. The molecule has 3 aromatic rings. The number of rotatable bonds is 10. The molecule has 2 N–H and O–H groups in total. The van der Waals surface area contributed by atoms with Crippen molar-refractivity contribution in [2.45, 2.75) is 43.6 Å². The molecule has 1 aliphatic rings. The number of thioether (sulfide) groups is 1. The van der Waals surface area contributed by atoms with Crippen LogP contribution in [0.2, 0.25) is 0 Å². The lowest BCUT2D eigenvalue weighted by Crippen LogP contribution is -2.40. The topological polar surface area (TPSA) is 83.3 Å². The van der Waals surface area contributed by atoms with Gasteiger partial charge in [0, 0.05) is 43.1 Å². The minimum absolute atomic E-state index is 0.00289. The first-order chi connectivity index (χ1) is 18.5. The van der Waals surface area contributed by atoms with E-state index < -0.39 is 46.8 Å². The number of nitrogens with one attached hydrogen (secondary N) is 1. The molecule has 2 aromatic carbocycles. The van der Waals surface area contributed by atoms with Gasteiger partial charge in [-0.1, -0.05) is 30.3 Å². The van der Waals surface area contributed by atoms with E-state index in [4.69, 9.17) is 0 Å². The predicted molar refractivity (Wildman–Crippen MR) is 131 cm³/mol. The maximum Gasteiger partial charge on any atom is 0.451 e. The van der Waals surface area contributed by atoms with Crippen LogP contribution in [-0.2, 0) is 30.5 Å². The number of alkyl halides is 3. The minimum atomic E-state index is -4.67. The molecule has 1 amide bonds. The Morgan fingerprint density at radius 3 is 2.49 bits per heavy atom. The van der Waals surface area contributed by atoms with Gasteiger partial charge in [0.2, 0.25) is 11.7 Å². The van der Waals surface area contributed by atoms with E-state index in [9.17, 15) is 36.2 Å². The second kappa shape index (κ2) is 12.4. The molecule has 14 heteroatoms. The quantitative estimate of drug-likeness (QED) is 0.165. The van der Waals surface area contributed by atoms with Crippen LogP contribution >= 0.6 is 11.8 Å². The summed E-state index contributed by atoms with van der Waals surface area (Å²) in [5.74, 6) is -4.65. The molecular formula is C25H25F6N5O2S. The molecule has 0 radical (unpaired) electrons. The van der Waals surface area contributed by atoms with Gasteiger partial charge >= 0.3 is 6.18 Å². The third-order valence-electron chi connectivity index (χ3n) is 6.21. The summed E-state index contributed by atoms with van der Waals surface area (Å²) in [5.41, 5.74) is 0.550. The van der Waals surface area contributed by atoms with Gasteiger partial charge in [0.05, 0.1) is 6.54 Å². The van der Waals surface area contributed by atoms with Gasteiger partial charge in [-0.25, -0.2) is 13.2 Å². The van der Waals surface area contributed by atoms with E-state index in [1.165, 1.54) is 16.7 Å². The standard InChI is InChI=1S/C25H25F6N5O2S/c26-18-13-20(28)19(27)11-16(18)10-17(39-9-6-32-23(38)15-4-2-1-3-5-15)12-22(37)35-7-8-36-21(14-35)33-34-24(36)25(29,30)31/h1-5,11,13,17,23,32,38H,6-10,12,14H2/t17?,23-/m1/s1. The third-order valence-corrected chi connectivity index (χ3v) is 7.45. The van der Waals surface area contributed by atoms with Gasteiger partial charge in [0.1, 0.15) is 12.0 Å². The summed E-state index contributed by atoms with van der Waals surface area (Å²) >= 11 is 1.27. The number of carbonyl (C=O) groups excluding carboxylic acids is 1. The van der Waals surface area contributed by atoms with Crippen LogP contribution in [0.4, 0.5) is 26.3 Å². The van der Waals surface area contributed by atoms with Crippen molar-refractivity contribution in [1.82, 2.24) is 25.0 Å². The Morgan fingerprint density at radius 2 is 1.77 bits per heavy atom. The van der Waals surface area contributed by atoms with E-state index in [2.05, 4.69) is 15.5 Å². The Hall–Kier alpha value is -3.10. The molecule has 210 valence electrons. The Morgan fingerprint density at radius 1 is 1.05 bits per heavy atom. The van der Waals surface area contributed by atoms with Crippen molar-refractivity contribution < 1.29 is 36.2 Å². The first-order valence-electron chi connectivity index (χ1n) is 12.0. The SMILES string of the molecule is O=C(CC(Cc1cc(F)c(F)cc1F)SCCN[C@H](O)c1ccccc1)N1CCn2c(nnc2C(F)(F)F)C1. The normalized spacial score (nSPS) is 15.2. The van der Waals surface area contributed by atoms with Gasteiger partial charge in [-0.05, 0) is 23.6 Å². The zero-order chi connectivity index (χ0) is 28.2. The van der Waals surface area contributed by atoms with Crippen LogP contribution in [0, 0.1) is 17.5 Å². The van der Waals surface area contributed by atoms with Crippen LogP contribution < -0.4 is 5.32 Å². The van der Waals surface area contributed by atoms with Crippen molar-refractivity contribution in [2.24, 2.45) is 0 Å². The Bertz CT molecular complexity index is 1290. The third kappa shape index (κ3) is 7.31. The summed E-state index contributed by atoms with van der Waals surface area (Å²) in [7, 11) is 0. The number of fused-ring (bicyclic) bond motifs is 1. The number of amides is 1.